The highest BCUT2D eigenvalue weighted by Gasteiger charge is 2.40. The van der Waals surface area contributed by atoms with Crippen molar-refractivity contribution >= 4 is 14.4 Å². The molecule has 0 unspecified atom stereocenters. The number of carbonyl (C=O) groups is 1. The Morgan fingerprint density at radius 3 is 2.14 bits per heavy atom. The van der Waals surface area contributed by atoms with Gasteiger partial charge in [0.15, 0.2) is 8.32 Å². The molecule has 0 fully saturated rings. The summed E-state index contributed by atoms with van der Waals surface area (Å²) in [7, 11) is -0.332. The molecule has 5 nitrogen and oxygen atoms in total. The molecule has 0 bridgehead atoms. The van der Waals surface area contributed by atoms with Gasteiger partial charge in [0.2, 0.25) is 0 Å². The van der Waals surface area contributed by atoms with Crippen molar-refractivity contribution in [3.63, 3.8) is 0 Å². The Hall–Kier alpha value is -0.593. The van der Waals surface area contributed by atoms with Crippen molar-refractivity contribution in [1.82, 2.24) is 10.2 Å². The maximum atomic E-state index is 11.2. The van der Waals surface area contributed by atoms with Crippen molar-refractivity contribution in [3.05, 3.63) is 0 Å². The van der Waals surface area contributed by atoms with E-state index < -0.39 is 14.4 Å². The van der Waals surface area contributed by atoms with E-state index in [4.69, 9.17) is 9.53 Å². The van der Waals surface area contributed by atoms with Gasteiger partial charge in [-0.05, 0) is 24.1 Å². The lowest BCUT2D eigenvalue weighted by Crippen LogP contribution is -2.50. The standard InChI is InChI=1S/C16H36N2O3Si/c1-12(2)17-10-13(3)14(11-18(7)15(19)20)21-22(8,9)16(4,5)6/h12-14,17H,10-11H2,1-9H3,(H,19,20)/t13-,14-/m1/s1. The summed E-state index contributed by atoms with van der Waals surface area (Å²) in [5.41, 5.74) is 0. The zero-order valence-corrected chi connectivity index (χ0v) is 16.9. The highest BCUT2D eigenvalue weighted by Crippen LogP contribution is 2.38. The first kappa shape index (κ1) is 21.4. The van der Waals surface area contributed by atoms with Crippen LogP contribution in [-0.2, 0) is 4.43 Å². The van der Waals surface area contributed by atoms with Crippen LogP contribution in [0.3, 0.4) is 0 Å². The van der Waals surface area contributed by atoms with E-state index in [1.54, 1.807) is 7.05 Å². The van der Waals surface area contributed by atoms with Crippen LogP contribution < -0.4 is 5.32 Å². The van der Waals surface area contributed by atoms with E-state index in [-0.39, 0.29) is 17.1 Å². The van der Waals surface area contributed by atoms with Crippen LogP contribution in [0.4, 0.5) is 4.79 Å². The number of hydrogen-bond acceptors (Lipinski definition) is 3. The Bertz CT molecular complexity index is 354. The predicted molar refractivity (Wildman–Crippen MR) is 95.0 cm³/mol. The molecule has 0 saturated carbocycles. The number of rotatable bonds is 8. The van der Waals surface area contributed by atoms with Crippen molar-refractivity contribution in [3.8, 4) is 0 Å². The lowest BCUT2D eigenvalue weighted by Gasteiger charge is -2.41. The molecule has 0 aromatic rings. The summed E-state index contributed by atoms with van der Waals surface area (Å²) in [5, 5.41) is 12.7. The van der Waals surface area contributed by atoms with Crippen molar-refractivity contribution in [2.45, 2.75) is 71.8 Å². The summed E-state index contributed by atoms with van der Waals surface area (Å²) in [5.74, 6) is 0.248. The monoisotopic (exact) mass is 332 g/mol. The molecular formula is C16H36N2O3Si. The zero-order valence-electron chi connectivity index (χ0n) is 15.9. The molecule has 0 aliphatic heterocycles. The minimum Gasteiger partial charge on any atom is -0.465 e. The minimum atomic E-state index is -1.94. The molecule has 2 atom stereocenters. The Kier molecular flexibility index (Phi) is 8.09. The zero-order chi connectivity index (χ0) is 17.7. The molecule has 0 aromatic carbocycles. The van der Waals surface area contributed by atoms with E-state index in [9.17, 15) is 4.79 Å². The second kappa shape index (κ2) is 8.31. The van der Waals surface area contributed by atoms with E-state index in [0.29, 0.717) is 12.6 Å². The average molecular weight is 333 g/mol. The molecular weight excluding hydrogens is 296 g/mol. The number of likely N-dealkylation sites (N-methyl/N-ethyl adjacent to an activating group) is 1. The van der Waals surface area contributed by atoms with Gasteiger partial charge >= 0.3 is 6.09 Å². The SMILES string of the molecule is CC(C)NC[C@@H](C)[C@@H](CN(C)C(=O)O)O[Si](C)(C)C(C)(C)C. The summed E-state index contributed by atoms with van der Waals surface area (Å²) in [6.45, 7) is 18.6. The molecule has 0 saturated heterocycles. The normalized spacial score (nSPS) is 15.7. The van der Waals surface area contributed by atoms with E-state index in [0.717, 1.165) is 6.54 Å². The van der Waals surface area contributed by atoms with Crippen LogP contribution >= 0.6 is 0 Å². The third-order valence-corrected chi connectivity index (χ3v) is 9.02. The molecule has 6 heteroatoms. The maximum Gasteiger partial charge on any atom is 0.407 e. The van der Waals surface area contributed by atoms with E-state index in [2.05, 4.69) is 60.0 Å². The highest BCUT2D eigenvalue weighted by molar-refractivity contribution is 6.74. The van der Waals surface area contributed by atoms with E-state index in [1.807, 2.05) is 0 Å². The highest BCUT2D eigenvalue weighted by atomic mass is 28.4. The first-order valence-corrected chi connectivity index (χ1v) is 11.0. The fourth-order valence-electron chi connectivity index (χ4n) is 1.79. The second-order valence-electron chi connectivity index (χ2n) is 8.12. The van der Waals surface area contributed by atoms with Gasteiger partial charge in [-0.2, -0.15) is 0 Å². The van der Waals surface area contributed by atoms with Crippen LogP contribution in [0.25, 0.3) is 0 Å². The lowest BCUT2D eigenvalue weighted by molar-refractivity contribution is 0.0810. The van der Waals surface area contributed by atoms with Crippen LogP contribution in [-0.4, -0.2) is 56.7 Å². The van der Waals surface area contributed by atoms with Gasteiger partial charge in [0.1, 0.15) is 0 Å². The van der Waals surface area contributed by atoms with Crippen molar-refractivity contribution in [2.75, 3.05) is 20.1 Å². The second-order valence-corrected chi connectivity index (χ2v) is 12.9. The van der Waals surface area contributed by atoms with Gasteiger partial charge < -0.3 is 19.7 Å². The summed E-state index contributed by atoms with van der Waals surface area (Å²) in [4.78, 5) is 12.5. The van der Waals surface area contributed by atoms with Gasteiger partial charge in [0.25, 0.3) is 0 Å². The van der Waals surface area contributed by atoms with Gasteiger partial charge in [0, 0.05) is 26.2 Å². The number of amides is 1. The van der Waals surface area contributed by atoms with Gasteiger partial charge in [-0.1, -0.05) is 41.5 Å². The fourth-order valence-corrected chi connectivity index (χ4v) is 3.21. The summed E-state index contributed by atoms with van der Waals surface area (Å²) < 4.78 is 6.51. The Labute approximate surface area is 137 Å². The molecule has 0 aromatic heterocycles. The molecule has 0 spiro atoms. The predicted octanol–water partition coefficient (Wildman–Crippen LogP) is 3.62. The maximum absolute atomic E-state index is 11.2. The molecule has 132 valence electrons. The molecule has 0 rings (SSSR count). The molecule has 0 heterocycles. The van der Waals surface area contributed by atoms with Gasteiger partial charge in [-0.15, -0.1) is 0 Å². The van der Waals surface area contributed by atoms with Crippen molar-refractivity contribution in [2.24, 2.45) is 5.92 Å². The Morgan fingerprint density at radius 1 is 1.27 bits per heavy atom. The Balaban J connectivity index is 5.04. The van der Waals surface area contributed by atoms with Gasteiger partial charge in [-0.25, -0.2) is 4.79 Å². The topological polar surface area (TPSA) is 61.8 Å². The lowest BCUT2D eigenvalue weighted by atomic mass is 10.0. The number of carboxylic acid groups (broad SMARTS) is 1. The molecule has 0 aliphatic carbocycles. The van der Waals surface area contributed by atoms with E-state index in [1.165, 1.54) is 4.90 Å². The van der Waals surface area contributed by atoms with Crippen LogP contribution in [0.5, 0.6) is 0 Å². The van der Waals surface area contributed by atoms with Crippen molar-refractivity contribution < 1.29 is 14.3 Å². The summed E-state index contributed by atoms with van der Waals surface area (Å²) >= 11 is 0. The first-order chi connectivity index (χ1) is 9.78. The van der Waals surface area contributed by atoms with Crippen LogP contribution in [0.1, 0.15) is 41.5 Å². The molecule has 1 amide bonds. The molecule has 2 N–H and O–H groups in total. The molecule has 0 aliphatic rings. The number of hydrogen-bond donors (Lipinski definition) is 2. The third-order valence-electron chi connectivity index (χ3n) is 4.52. The number of nitrogens with one attached hydrogen (secondary N) is 1. The quantitative estimate of drug-likeness (QED) is 0.666. The third kappa shape index (κ3) is 7.11. The van der Waals surface area contributed by atoms with Crippen LogP contribution in [0.2, 0.25) is 18.1 Å². The van der Waals surface area contributed by atoms with Crippen LogP contribution in [0, 0.1) is 5.92 Å². The minimum absolute atomic E-state index is 0.0896. The van der Waals surface area contributed by atoms with Gasteiger partial charge in [-0.3, -0.25) is 0 Å². The van der Waals surface area contributed by atoms with Crippen LogP contribution in [0.15, 0.2) is 0 Å². The summed E-state index contributed by atoms with van der Waals surface area (Å²) in [6, 6.07) is 0.410. The smallest absolute Gasteiger partial charge is 0.407 e. The molecule has 22 heavy (non-hydrogen) atoms. The fraction of sp³-hybridized carbons (Fsp3) is 0.938. The first-order valence-electron chi connectivity index (χ1n) is 8.13. The Morgan fingerprint density at radius 2 is 1.77 bits per heavy atom. The van der Waals surface area contributed by atoms with E-state index >= 15 is 0 Å². The molecule has 0 radical (unpaired) electrons. The van der Waals surface area contributed by atoms with Crippen molar-refractivity contribution in [1.29, 1.82) is 0 Å². The average Bonchev–Trinajstić information content (AvgIpc) is 2.32. The van der Waals surface area contributed by atoms with Gasteiger partial charge in [0.05, 0.1) is 6.10 Å². The summed E-state index contributed by atoms with van der Waals surface area (Å²) in [6.07, 6.45) is -0.999. The number of nitrogens with zero attached hydrogens (tertiary/aromatic N) is 1. The largest absolute Gasteiger partial charge is 0.465 e.